The molecule has 9 nitrogen and oxygen atoms in total. The number of Topliss-reactive ketones (excluding diaryl/α,β-unsaturated/α-hetero) is 1. The molecule has 1 saturated heterocycles. The van der Waals surface area contributed by atoms with Crippen LogP contribution in [0.25, 0.3) is 0 Å². The highest BCUT2D eigenvalue weighted by Crippen LogP contribution is 2.63. The lowest BCUT2D eigenvalue weighted by Gasteiger charge is -2.57. The maximum atomic E-state index is 15.5. The number of aliphatic hydroxyl groups is 3. The summed E-state index contributed by atoms with van der Waals surface area (Å²) >= 11 is 0. The number of oxime groups is 1. The average molecular weight is 780 g/mol. The fraction of sp³-hybridized carbons (Fsp3) is 0.766. The number of unbranched alkanes of at least 4 members (excludes halogenated alkanes) is 1. The highest BCUT2D eigenvalue weighted by Gasteiger charge is 2.67. The van der Waals surface area contributed by atoms with E-state index in [4.69, 9.17) is 14.3 Å². The van der Waals surface area contributed by atoms with Crippen molar-refractivity contribution in [3.05, 3.63) is 46.3 Å². The molecule has 6 unspecified atom stereocenters. The number of hydrogen-bond acceptors (Lipinski definition) is 9. The Morgan fingerprint density at radius 2 is 1.75 bits per heavy atom. The molecule has 314 valence electrons. The number of methoxy groups -OCH3 is 1. The van der Waals surface area contributed by atoms with E-state index in [1.807, 2.05) is 13.8 Å². The molecule has 5 rings (SSSR count). The lowest BCUT2D eigenvalue weighted by Crippen LogP contribution is -2.57. The van der Waals surface area contributed by atoms with Gasteiger partial charge in [0, 0.05) is 61.1 Å². The third-order valence-electron chi connectivity index (χ3n) is 15.2. The fourth-order valence-corrected chi connectivity index (χ4v) is 12.2. The molecule has 0 amide bonds. The first-order valence-corrected chi connectivity index (χ1v) is 21.8. The van der Waals surface area contributed by atoms with Gasteiger partial charge in [0.05, 0.1) is 17.9 Å². The van der Waals surface area contributed by atoms with Crippen molar-refractivity contribution in [2.45, 2.75) is 151 Å². The lowest BCUT2D eigenvalue weighted by atomic mass is 9.46. The number of carbonyl (C=O) groups excluding carboxylic acids is 2. The van der Waals surface area contributed by atoms with Crippen LogP contribution in [-0.2, 0) is 23.9 Å². The van der Waals surface area contributed by atoms with Gasteiger partial charge in [-0.25, -0.2) is 4.79 Å². The van der Waals surface area contributed by atoms with Crippen LogP contribution in [0.2, 0.25) is 0 Å². The molecule has 2 fully saturated rings. The van der Waals surface area contributed by atoms with E-state index in [0.29, 0.717) is 50.8 Å². The molecule has 1 heterocycles. The Morgan fingerprint density at radius 3 is 2.38 bits per heavy atom. The van der Waals surface area contributed by atoms with Gasteiger partial charge in [-0.3, -0.25) is 4.79 Å². The first-order chi connectivity index (χ1) is 26.5. The van der Waals surface area contributed by atoms with Crippen LogP contribution in [0.4, 0.5) is 0 Å². The molecule has 3 N–H and O–H groups in total. The molecule has 0 aromatic rings. The number of ether oxygens (including phenoxy) is 2. The second-order valence-corrected chi connectivity index (χ2v) is 18.7. The molecular formula is C47H73NO8. The van der Waals surface area contributed by atoms with Gasteiger partial charge in [0.2, 0.25) is 5.78 Å². The molecule has 13 atom stereocenters. The van der Waals surface area contributed by atoms with Gasteiger partial charge in [-0.1, -0.05) is 108 Å². The van der Waals surface area contributed by atoms with E-state index in [9.17, 15) is 20.1 Å². The van der Waals surface area contributed by atoms with E-state index in [0.717, 1.165) is 42.4 Å². The zero-order valence-corrected chi connectivity index (χ0v) is 36.3. The van der Waals surface area contributed by atoms with E-state index in [1.54, 1.807) is 7.11 Å². The number of rotatable bonds is 8. The van der Waals surface area contributed by atoms with E-state index in [1.165, 1.54) is 0 Å². The number of nitrogens with zero attached hydrogens (tertiary/aromatic N) is 1. The average Bonchev–Trinajstić information content (AvgIpc) is 3.41. The lowest BCUT2D eigenvalue weighted by molar-refractivity contribution is -0.166. The second kappa shape index (κ2) is 17.6. The van der Waals surface area contributed by atoms with Crippen molar-refractivity contribution in [3.63, 3.8) is 0 Å². The SMILES string of the molecule is CCCCO/N=C1/C[C@H](O)C2C=C(C)[C@H]3/C(CC)=C/C(CO)C[C@@H](C)[C@H](OC)[C@H](C)CCC[C@]4(C)C=C(C)[C@H](C)CC45OC(=O)C(=C(O)C3(CC)C2C1C)C5=O. The van der Waals surface area contributed by atoms with E-state index in [-0.39, 0.29) is 59.6 Å². The van der Waals surface area contributed by atoms with Gasteiger partial charge in [-0.05, 0) is 76.0 Å². The van der Waals surface area contributed by atoms with Crippen LogP contribution >= 0.6 is 0 Å². The van der Waals surface area contributed by atoms with Crippen molar-refractivity contribution in [2.75, 3.05) is 20.3 Å². The molecule has 1 saturated carbocycles. The number of aliphatic hydroxyl groups excluding tert-OH is 3. The molecular weight excluding hydrogens is 707 g/mol. The summed E-state index contributed by atoms with van der Waals surface area (Å²) in [5.74, 6) is -2.81. The van der Waals surface area contributed by atoms with Crippen LogP contribution < -0.4 is 0 Å². The minimum atomic E-state index is -1.47. The highest BCUT2D eigenvalue weighted by atomic mass is 16.6. The van der Waals surface area contributed by atoms with E-state index < -0.39 is 46.1 Å². The van der Waals surface area contributed by atoms with Crippen molar-refractivity contribution in [1.29, 1.82) is 0 Å². The number of hydrogen-bond donors (Lipinski definition) is 3. The van der Waals surface area contributed by atoms with Crippen LogP contribution in [0.15, 0.2) is 51.4 Å². The van der Waals surface area contributed by atoms with Crippen molar-refractivity contribution in [1.82, 2.24) is 0 Å². The first kappa shape index (κ1) is 44.4. The van der Waals surface area contributed by atoms with E-state index in [2.05, 4.69) is 78.8 Å². The maximum absolute atomic E-state index is 15.5. The summed E-state index contributed by atoms with van der Waals surface area (Å²) in [6.45, 7) is 21.4. The topological polar surface area (TPSA) is 135 Å². The summed E-state index contributed by atoms with van der Waals surface area (Å²) in [6, 6.07) is 0. The van der Waals surface area contributed by atoms with Crippen LogP contribution in [0, 0.1) is 58.2 Å². The zero-order chi connectivity index (χ0) is 41.3. The predicted octanol–water partition coefficient (Wildman–Crippen LogP) is 9.24. The Hall–Kier alpha value is -2.75. The monoisotopic (exact) mass is 780 g/mol. The molecule has 1 spiro atoms. The Labute approximate surface area is 337 Å². The summed E-state index contributed by atoms with van der Waals surface area (Å²) in [5, 5.41) is 40.7. The first-order valence-electron chi connectivity index (χ1n) is 21.8. The van der Waals surface area contributed by atoms with Crippen LogP contribution in [0.3, 0.4) is 0 Å². The molecule has 0 radical (unpaired) electrons. The standard InChI is InChI=1S/C47H73NO8/c1-12-15-19-55-48-36-23-37(50)35-21-28(5)39-34(13-2)22-33(26-49)20-29(6)41(54-11)27(4)17-16-18-45(10)24-30(7)31(8)25-47(45)43(52)38(44(53)56-47)42(51)46(39,14-3)40(35)32(36)9/h21-22,24,27,29,31-33,35,37,39-41,49-51H,12-20,23,25-26H2,1-11H3/b34-22+,42-38?,48-36-/t27-,29-,31-,32?,33?,35?,37+,39+,40?,41-,45-,46?,47?/m1/s1. The highest BCUT2D eigenvalue weighted by molar-refractivity contribution is 6.26. The Bertz CT molecular complexity index is 1620. The largest absolute Gasteiger partial charge is 0.511 e. The third kappa shape index (κ3) is 7.51. The van der Waals surface area contributed by atoms with Crippen LogP contribution in [0.1, 0.15) is 133 Å². The summed E-state index contributed by atoms with van der Waals surface area (Å²) < 4.78 is 12.7. The molecule has 9 heteroatoms. The molecule has 4 aliphatic carbocycles. The van der Waals surface area contributed by atoms with Gasteiger partial charge in [-0.15, -0.1) is 0 Å². The number of fused-ring (bicyclic) bond motifs is 4. The molecule has 56 heavy (non-hydrogen) atoms. The second-order valence-electron chi connectivity index (χ2n) is 18.7. The van der Waals surface area contributed by atoms with E-state index >= 15 is 4.79 Å². The van der Waals surface area contributed by atoms with Gasteiger partial charge in [0.1, 0.15) is 17.9 Å². The van der Waals surface area contributed by atoms with Crippen LogP contribution in [0.5, 0.6) is 0 Å². The Kier molecular flexibility index (Phi) is 14.0. The number of carbonyl (C=O) groups is 2. The number of ketones is 1. The molecule has 0 aromatic heterocycles. The van der Waals surface area contributed by atoms with Gasteiger partial charge < -0.3 is 29.6 Å². The summed E-state index contributed by atoms with van der Waals surface area (Å²) in [7, 11) is 1.77. The van der Waals surface area contributed by atoms with Gasteiger partial charge in [-0.2, -0.15) is 0 Å². The Morgan fingerprint density at radius 1 is 1.04 bits per heavy atom. The minimum Gasteiger partial charge on any atom is -0.511 e. The quantitative estimate of drug-likeness (QED) is 0.0730. The van der Waals surface area contributed by atoms with Crippen molar-refractivity contribution in [3.8, 4) is 0 Å². The third-order valence-corrected chi connectivity index (χ3v) is 15.2. The van der Waals surface area contributed by atoms with Gasteiger partial charge >= 0.3 is 5.97 Å². The van der Waals surface area contributed by atoms with Gasteiger partial charge in [0.15, 0.2) is 5.60 Å². The minimum absolute atomic E-state index is 0.00442. The molecule has 2 bridgehead atoms. The smallest absolute Gasteiger partial charge is 0.346 e. The normalized spacial score (nSPS) is 42.7. The molecule has 0 aromatic carbocycles. The summed E-state index contributed by atoms with van der Waals surface area (Å²) in [6.07, 6.45) is 12.1. The summed E-state index contributed by atoms with van der Waals surface area (Å²) in [5.41, 5.74) is 0.154. The number of allylic oxidation sites excluding steroid dienone is 4. The zero-order valence-electron chi connectivity index (χ0n) is 36.3. The van der Waals surface area contributed by atoms with Crippen molar-refractivity contribution in [2.24, 2.45) is 63.3 Å². The Balaban J connectivity index is 1.84. The molecule has 1 aliphatic heterocycles. The number of esters is 1. The predicted molar refractivity (Wildman–Crippen MR) is 221 cm³/mol. The van der Waals surface area contributed by atoms with Crippen molar-refractivity contribution >= 4 is 17.5 Å². The van der Waals surface area contributed by atoms with Crippen molar-refractivity contribution < 1.29 is 39.2 Å². The molecule has 5 aliphatic rings. The van der Waals surface area contributed by atoms with Gasteiger partial charge in [0.25, 0.3) is 0 Å². The maximum Gasteiger partial charge on any atom is 0.346 e. The summed E-state index contributed by atoms with van der Waals surface area (Å²) in [4.78, 5) is 35.9. The fourth-order valence-electron chi connectivity index (χ4n) is 12.2. The van der Waals surface area contributed by atoms with Crippen LogP contribution in [-0.4, -0.2) is 70.9 Å².